The Balaban J connectivity index is 1.75. The van der Waals surface area contributed by atoms with Crippen LogP contribution < -0.4 is 11.1 Å². The average molecular weight is 303 g/mol. The zero-order chi connectivity index (χ0) is 16.1. The molecule has 1 aliphatic heterocycles. The minimum absolute atomic E-state index is 0.000320. The summed E-state index contributed by atoms with van der Waals surface area (Å²) >= 11 is 0. The molecule has 0 unspecified atom stereocenters. The molecule has 5 nitrogen and oxygen atoms in total. The molecule has 0 bridgehead atoms. The van der Waals surface area contributed by atoms with Gasteiger partial charge in [0.1, 0.15) is 0 Å². The Morgan fingerprint density at radius 3 is 2.32 bits per heavy atom. The van der Waals surface area contributed by atoms with E-state index < -0.39 is 0 Å². The number of nitrogens with zero attached hydrogens (tertiary/aromatic N) is 1. The number of carbonyl (C=O) groups is 2. The first kappa shape index (κ1) is 16.5. The number of likely N-dealkylation sites (tertiary alicyclic amines) is 1. The maximum atomic E-state index is 12.0. The SMILES string of the molecule is Cc1cc(C)cc(NC(=O)CCN2CCC(C(N)=O)CC2)c1. The number of anilines is 1. The van der Waals surface area contributed by atoms with Gasteiger partial charge in [-0.2, -0.15) is 0 Å². The molecule has 5 heteroatoms. The van der Waals surface area contributed by atoms with Crippen LogP contribution in [0.25, 0.3) is 0 Å². The van der Waals surface area contributed by atoms with Gasteiger partial charge in [0, 0.05) is 24.6 Å². The molecule has 2 rings (SSSR count). The van der Waals surface area contributed by atoms with Gasteiger partial charge in [-0.1, -0.05) is 6.07 Å². The molecule has 0 aromatic heterocycles. The summed E-state index contributed by atoms with van der Waals surface area (Å²) in [5, 5.41) is 2.95. The van der Waals surface area contributed by atoms with E-state index >= 15 is 0 Å². The van der Waals surface area contributed by atoms with E-state index in [2.05, 4.69) is 16.3 Å². The fourth-order valence-electron chi connectivity index (χ4n) is 2.97. The first-order chi connectivity index (χ1) is 10.4. The minimum Gasteiger partial charge on any atom is -0.369 e. The normalized spacial score (nSPS) is 16.5. The molecule has 0 spiro atoms. The molecule has 1 fully saturated rings. The Labute approximate surface area is 131 Å². The van der Waals surface area contributed by atoms with Crippen molar-refractivity contribution in [3.05, 3.63) is 29.3 Å². The lowest BCUT2D eigenvalue weighted by Crippen LogP contribution is -2.39. The fraction of sp³-hybridized carbons (Fsp3) is 0.529. The summed E-state index contributed by atoms with van der Waals surface area (Å²) in [6.45, 7) is 6.44. The van der Waals surface area contributed by atoms with Crippen LogP contribution in [0.1, 0.15) is 30.4 Å². The molecule has 0 aliphatic carbocycles. The van der Waals surface area contributed by atoms with Crippen molar-refractivity contribution in [2.24, 2.45) is 11.7 Å². The molecular weight excluding hydrogens is 278 g/mol. The summed E-state index contributed by atoms with van der Waals surface area (Å²) in [5.41, 5.74) is 8.46. The Bertz CT molecular complexity index is 529. The molecule has 1 aromatic carbocycles. The highest BCUT2D eigenvalue weighted by atomic mass is 16.2. The van der Waals surface area contributed by atoms with Crippen LogP contribution in [0.4, 0.5) is 5.69 Å². The van der Waals surface area contributed by atoms with Crippen molar-refractivity contribution >= 4 is 17.5 Å². The van der Waals surface area contributed by atoms with Crippen LogP contribution >= 0.6 is 0 Å². The summed E-state index contributed by atoms with van der Waals surface area (Å²) in [6, 6.07) is 6.03. The second-order valence-electron chi connectivity index (χ2n) is 6.19. The third kappa shape index (κ3) is 4.84. The van der Waals surface area contributed by atoms with Gasteiger partial charge in [-0.05, 0) is 63.0 Å². The number of hydrogen-bond donors (Lipinski definition) is 2. The van der Waals surface area contributed by atoms with E-state index in [9.17, 15) is 9.59 Å². The Kier molecular flexibility index (Phi) is 5.55. The number of amides is 2. The number of carbonyl (C=O) groups excluding carboxylic acids is 2. The summed E-state index contributed by atoms with van der Waals surface area (Å²) in [4.78, 5) is 25.4. The van der Waals surface area contributed by atoms with E-state index in [0.29, 0.717) is 6.42 Å². The van der Waals surface area contributed by atoms with E-state index in [4.69, 9.17) is 5.73 Å². The predicted molar refractivity (Wildman–Crippen MR) is 87.5 cm³/mol. The summed E-state index contributed by atoms with van der Waals surface area (Å²) < 4.78 is 0. The van der Waals surface area contributed by atoms with Crippen LogP contribution in [0.2, 0.25) is 0 Å². The highest BCUT2D eigenvalue weighted by Gasteiger charge is 2.23. The third-order valence-corrected chi connectivity index (χ3v) is 4.15. The number of rotatable bonds is 5. The lowest BCUT2D eigenvalue weighted by molar-refractivity contribution is -0.123. The van der Waals surface area contributed by atoms with Gasteiger partial charge in [-0.3, -0.25) is 9.59 Å². The summed E-state index contributed by atoms with van der Waals surface area (Å²) in [7, 11) is 0. The van der Waals surface area contributed by atoms with E-state index in [1.54, 1.807) is 0 Å². The van der Waals surface area contributed by atoms with Crippen LogP contribution in [0.15, 0.2) is 18.2 Å². The molecule has 22 heavy (non-hydrogen) atoms. The van der Waals surface area contributed by atoms with Gasteiger partial charge in [0.2, 0.25) is 11.8 Å². The number of benzene rings is 1. The van der Waals surface area contributed by atoms with Gasteiger partial charge < -0.3 is 16.0 Å². The van der Waals surface area contributed by atoms with E-state index in [1.807, 2.05) is 26.0 Å². The number of primary amides is 1. The van der Waals surface area contributed by atoms with Crippen molar-refractivity contribution in [1.82, 2.24) is 4.90 Å². The summed E-state index contributed by atoms with van der Waals surface area (Å²) in [5.74, 6) is -0.172. The van der Waals surface area contributed by atoms with Crippen molar-refractivity contribution in [3.63, 3.8) is 0 Å². The molecule has 1 aliphatic rings. The first-order valence-corrected chi connectivity index (χ1v) is 7.84. The van der Waals surface area contributed by atoms with Gasteiger partial charge in [-0.25, -0.2) is 0 Å². The predicted octanol–water partition coefficient (Wildman–Crippen LogP) is 1.83. The summed E-state index contributed by atoms with van der Waals surface area (Å²) in [6.07, 6.45) is 2.07. The monoisotopic (exact) mass is 303 g/mol. The molecule has 0 saturated carbocycles. The largest absolute Gasteiger partial charge is 0.369 e. The van der Waals surface area contributed by atoms with Crippen molar-refractivity contribution < 1.29 is 9.59 Å². The van der Waals surface area contributed by atoms with Gasteiger partial charge in [0.05, 0.1) is 0 Å². The smallest absolute Gasteiger partial charge is 0.225 e. The topological polar surface area (TPSA) is 75.4 Å². The molecule has 2 amide bonds. The second kappa shape index (κ2) is 7.40. The zero-order valence-corrected chi connectivity index (χ0v) is 13.4. The number of hydrogen-bond acceptors (Lipinski definition) is 3. The number of nitrogens with one attached hydrogen (secondary N) is 1. The van der Waals surface area contributed by atoms with Crippen LogP contribution in [0.3, 0.4) is 0 Å². The van der Waals surface area contributed by atoms with Crippen LogP contribution in [0, 0.1) is 19.8 Å². The standard InChI is InChI=1S/C17H25N3O2/c1-12-9-13(2)11-15(10-12)19-16(21)5-8-20-6-3-14(4-7-20)17(18)22/h9-11,14H,3-8H2,1-2H3,(H2,18,22)(H,19,21). The van der Waals surface area contributed by atoms with Crippen molar-refractivity contribution in [3.8, 4) is 0 Å². The van der Waals surface area contributed by atoms with Crippen LogP contribution in [-0.4, -0.2) is 36.3 Å². The van der Waals surface area contributed by atoms with Crippen molar-refractivity contribution in [1.29, 1.82) is 0 Å². The van der Waals surface area contributed by atoms with Gasteiger partial charge in [0.25, 0.3) is 0 Å². The number of aryl methyl sites for hydroxylation is 2. The third-order valence-electron chi connectivity index (χ3n) is 4.15. The minimum atomic E-state index is -0.202. The highest BCUT2D eigenvalue weighted by Crippen LogP contribution is 2.17. The maximum absolute atomic E-state index is 12.0. The average Bonchev–Trinajstić information content (AvgIpc) is 2.44. The number of piperidine rings is 1. The van der Waals surface area contributed by atoms with Crippen molar-refractivity contribution in [2.75, 3.05) is 25.0 Å². The second-order valence-corrected chi connectivity index (χ2v) is 6.19. The van der Waals surface area contributed by atoms with Gasteiger partial charge in [0.15, 0.2) is 0 Å². The first-order valence-electron chi connectivity index (χ1n) is 7.84. The molecule has 120 valence electrons. The fourth-order valence-corrected chi connectivity index (χ4v) is 2.97. The number of nitrogens with two attached hydrogens (primary N) is 1. The zero-order valence-electron chi connectivity index (χ0n) is 13.4. The molecule has 0 atom stereocenters. The Morgan fingerprint density at radius 2 is 1.77 bits per heavy atom. The molecule has 3 N–H and O–H groups in total. The van der Waals surface area contributed by atoms with E-state index in [-0.39, 0.29) is 17.7 Å². The maximum Gasteiger partial charge on any atom is 0.225 e. The molecule has 0 radical (unpaired) electrons. The lowest BCUT2D eigenvalue weighted by Gasteiger charge is -2.30. The molecule has 1 saturated heterocycles. The highest BCUT2D eigenvalue weighted by molar-refractivity contribution is 5.91. The molecular formula is C17H25N3O2. The van der Waals surface area contributed by atoms with Crippen LogP contribution in [-0.2, 0) is 9.59 Å². The van der Waals surface area contributed by atoms with E-state index in [1.165, 1.54) is 0 Å². The van der Waals surface area contributed by atoms with Gasteiger partial charge in [-0.15, -0.1) is 0 Å². The molecule has 1 aromatic rings. The van der Waals surface area contributed by atoms with E-state index in [0.717, 1.165) is 49.3 Å². The quantitative estimate of drug-likeness (QED) is 0.871. The molecule has 1 heterocycles. The Morgan fingerprint density at radius 1 is 1.18 bits per heavy atom. The lowest BCUT2D eigenvalue weighted by atomic mass is 9.96. The van der Waals surface area contributed by atoms with Gasteiger partial charge >= 0.3 is 0 Å². The van der Waals surface area contributed by atoms with Crippen LogP contribution in [0.5, 0.6) is 0 Å². The Hall–Kier alpha value is -1.88. The van der Waals surface area contributed by atoms with Crippen molar-refractivity contribution in [2.45, 2.75) is 33.1 Å².